The van der Waals surface area contributed by atoms with Crippen LogP contribution >= 0.6 is 0 Å². The first-order valence-electron chi connectivity index (χ1n) is 8.23. The second kappa shape index (κ2) is 6.79. The van der Waals surface area contributed by atoms with Crippen LogP contribution in [0.4, 0.5) is 11.6 Å². The summed E-state index contributed by atoms with van der Waals surface area (Å²) in [5, 5.41) is 3.41. The molecule has 6 heteroatoms. The van der Waals surface area contributed by atoms with E-state index in [0.29, 0.717) is 19.1 Å². The third-order valence-corrected chi connectivity index (χ3v) is 4.33. The summed E-state index contributed by atoms with van der Waals surface area (Å²) in [6.07, 6.45) is 5.03. The molecule has 2 aliphatic heterocycles. The molecular weight excluding hydrogens is 280 g/mol. The lowest BCUT2D eigenvalue weighted by Crippen LogP contribution is -2.30. The summed E-state index contributed by atoms with van der Waals surface area (Å²) in [4.78, 5) is 11.0. The van der Waals surface area contributed by atoms with Crippen molar-refractivity contribution in [3.05, 3.63) is 12.4 Å². The van der Waals surface area contributed by atoms with Gasteiger partial charge in [-0.05, 0) is 25.7 Å². The molecule has 2 saturated heterocycles. The van der Waals surface area contributed by atoms with Crippen LogP contribution in [0.25, 0.3) is 0 Å². The molecule has 0 amide bonds. The number of hydrogen-bond donors (Lipinski definition) is 1. The minimum absolute atomic E-state index is 0.423. The van der Waals surface area contributed by atoms with Gasteiger partial charge in [0.2, 0.25) is 0 Å². The van der Waals surface area contributed by atoms with Crippen molar-refractivity contribution < 1.29 is 9.47 Å². The molecule has 22 heavy (non-hydrogen) atoms. The molecule has 0 aromatic carbocycles. The van der Waals surface area contributed by atoms with Crippen LogP contribution in [0.1, 0.15) is 33.1 Å². The van der Waals surface area contributed by atoms with Gasteiger partial charge in [-0.3, -0.25) is 0 Å². The molecular formula is C16H26N4O2. The maximum atomic E-state index is 5.67. The maximum absolute atomic E-state index is 5.67. The average Bonchev–Trinajstić information content (AvgIpc) is 3.17. The van der Waals surface area contributed by atoms with E-state index in [9.17, 15) is 0 Å². The highest BCUT2D eigenvalue weighted by atomic mass is 16.7. The van der Waals surface area contributed by atoms with Crippen molar-refractivity contribution in [3.8, 4) is 0 Å². The molecule has 1 atom stereocenters. The SMILES string of the molecule is C[C@H](CNc1cc(N2CCCC2)ncn1)CC1(C)OCCO1. The Bertz CT molecular complexity index is 485. The molecule has 0 aliphatic carbocycles. The fourth-order valence-corrected chi connectivity index (χ4v) is 3.22. The van der Waals surface area contributed by atoms with Crippen LogP contribution in [0, 0.1) is 5.92 Å². The first-order chi connectivity index (χ1) is 10.6. The predicted molar refractivity (Wildman–Crippen MR) is 86.1 cm³/mol. The topological polar surface area (TPSA) is 59.5 Å². The Balaban J connectivity index is 1.51. The van der Waals surface area contributed by atoms with Gasteiger partial charge in [0.25, 0.3) is 0 Å². The summed E-state index contributed by atoms with van der Waals surface area (Å²) in [6.45, 7) is 8.65. The van der Waals surface area contributed by atoms with Gasteiger partial charge in [0.05, 0.1) is 13.2 Å². The largest absolute Gasteiger partial charge is 0.370 e. The van der Waals surface area contributed by atoms with E-state index >= 15 is 0 Å². The average molecular weight is 306 g/mol. The van der Waals surface area contributed by atoms with Crippen molar-refractivity contribution in [2.75, 3.05) is 43.1 Å². The summed E-state index contributed by atoms with van der Waals surface area (Å²) in [7, 11) is 0. The molecule has 0 bridgehead atoms. The monoisotopic (exact) mass is 306 g/mol. The highest BCUT2D eigenvalue weighted by molar-refractivity contribution is 5.48. The molecule has 2 aliphatic rings. The zero-order valence-electron chi connectivity index (χ0n) is 13.5. The molecule has 3 rings (SSSR count). The highest BCUT2D eigenvalue weighted by Gasteiger charge is 2.32. The van der Waals surface area contributed by atoms with Gasteiger partial charge in [-0.25, -0.2) is 9.97 Å². The number of ether oxygens (including phenoxy) is 2. The van der Waals surface area contributed by atoms with Crippen molar-refractivity contribution in [1.29, 1.82) is 0 Å². The molecule has 2 fully saturated rings. The predicted octanol–water partition coefficient (Wildman–Crippen LogP) is 2.28. The van der Waals surface area contributed by atoms with Gasteiger partial charge < -0.3 is 19.7 Å². The Hall–Kier alpha value is -1.40. The molecule has 1 N–H and O–H groups in total. The molecule has 1 aromatic rings. The lowest BCUT2D eigenvalue weighted by atomic mass is 10.0. The first kappa shape index (κ1) is 15.5. The molecule has 1 aromatic heterocycles. The fourth-order valence-electron chi connectivity index (χ4n) is 3.22. The fraction of sp³-hybridized carbons (Fsp3) is 0.750. The number of nitrogens with zero attached hydrogens (tertiary/aromatic N) is 3. The third-order valence-electron chi connectivity index (χ3n) is 4.33. The smallest absolute Gasteiger partial charge is 0.166 e. The van der Waals surface area contributed by atoms with Crippen LogP contribution in [0.15, 0.2) is 12.4 Å². The molecule has 0 saturated carbocycles. The molecule has 6 nitrogen and oxygen atoms in total. The standard InChI is InChI=1S/C16H26N4O2/c1-13(10-16(2)21-7-8-22-16)11-17-14-9-15(19-12-18-14)20-5-3-4-6-20/h9,12-13H,3-8,10-11H2,1-2H3,(H,17,18,19)/t13-/m0/s1. The van der Waals surface area contributed by atoms with Gasteiger partial charge >= 0.3 is 0 Å². The van der Waals surface area contributed by atoms with E-state index in [1.54, 1.807) is 6.33 Å². The second-order valence-electron chi connectivity index (χ2n) is 6.48. The van der Waals surface area contributed by atoms with E-state index < -0.39 is 5.79 Å². The number of nitrogens with one attached hydrogen (secondary N) is 1. The van der Waals surface area contributed by atoms with E-state index in [1.165, 1.54) is 12.8 Å². The summed E-state index contributed by atoms with van der Waals surface area (Å²) >= 11 is 0. The number of anilines is 2. The zero-order chi connectivity index (χ0) is 15.4. The van der Waals surface area contributed by atoms with E-state index in [0.717, 1.165) is 37.7 Å². The van der Waals surface area contributed by atoms with Gasteiger partial charge in [-0.15, -0.1) is 0 Å². The van der Waals surface area contributed by atoms with Crippen LogP contribution in [0.2, 0.25) is 0 Å². The van der Waals surface area contributed by atoms with Gasteiger partial charge in [-0.1, -0.05) is 6.92 Å². The molecule has 0 spiro atoms. The van der Waals surface area contributed by atoms with Crippen LogP contribution in [-0.2, 0) is 9.47 Å². The summed E-state index contributed by atoms with van der Waals surface area (Å²) in [5.74, 6) is 1.93. The molecule has 122 valence electrons. The Labute approximate surface area is 132 Å². The van der Waals surface area contributed by atoms with Crippen LogP contribution in [-0.4, -0.2) is 48.6 Å². The van der Waals surface area contributed by atoms with Crippen LogP contribution in [0.3, 0.4) is 0 Å². The summed E-state index contributed by atoms with van der Waals surface area (Å²) in [6, 6.07) is 2.04. The van der Waals surface area contributed by atoms with Crippen molar-refractivity contribution in [1.82, 2.24) is 9.97 Å². The highest BCUT2D eigenvalue weighted by Crippen LogP contribution is 2.27. The van der Waals surface area contributed by atoms with Crippen LogP contribution < -0.4 is 10.2 Å². The van der Waals surface area contributed by atoms with E-state index in [4.69, 9.17) is 9.47 Å². The van der Waals surface area contributed by atoms with Crippen molar-refractivity contribution >= 4 is 11.6 Å². The first-order valence-corrected chi connectivity index (χ1v) is 8.23. The van der Waals surface area contributed by atoms with Gasteiger partial charge in [-0.2, -0.15) is 0 Å². The Morgan fingerprint density at radius 1 is 1.27 bits per heavy atom. The molecule has 0 radical (unpaired) electrons. The van der Waals surface area contributed by atoms with Crippen molar-refractivity contribution in [3.63, 3.8) is 0 Å². The Kier molecular flexibility index (Phi) is 4.78. The van der Waals surface area contributed by atoms with Crippen LogP contribution in [0.5, 0.6) is 0 Å². The summed E-state index contributed by atoms with van der Waals surface area (Å²) < 4.78 is 11.3. The zero-order valence-corrected chi connectivity index (χ0v) is 13.5. The maximum Gasteiger partial charge on any atom is 0.166 e. The molecule has 0 unspecified atom stereocenters. The minimum Gasteiger partial charge on any atom is -0.370 e. The third kappa shape index (κ3) is 3.87. The summed E-state index contributed by atoms with van der Waals surface area (Å²) in [5.41, 5.74) is 0. The van der Waals surface area contributed by atoms with Crippen molar-refractivity contribution in [2.24, 2.45) is 5.92 Å². The van der Waals surface area contributed by atoms with E-state index in [1.807, 2.05) is 13.0 Å². The molecule has 3 heterocycles. The normalized spacial score (nSPS) is 22.0. The van der Waals surface area contributed by atoms with Crippen molar-refractivity contribution in [2.45, 2.75) is 38.9 Å². The second-order valence-corrected chi connectivity index (χ2v) is 6.48. The van der Waals surface area contributed by atoms with Gasteiger partial charge in [0.1, 0.15) is 18.0 Å². The Morgan fingerprint density at radius 2 is 2.00 bits per heavy atom. The van der Waals surface area contributed by atoms with Gasteiger partial charge in [0, 0.05) is 32.1 Å². The quantitative estimate of drug-likeness (QED) is 0.870. The Morgan fingerprint density at radius 3 is 2.73 bits per heavy atom. The van der Waals surface area contributed by atoms with E-state index in [2.05, 4.69) is 27.1 Å². The van der Waals surface area contributed by atoms with E-state index in [-0.39, 0.29) is 0 Å². The number of aromatic nitrogens is 2. The lowest BCUT2D eigenvalue weighted by Gasteiger charge is -2.26. The lowest BCUT2D eigenvalue weighted by molar-refractivity contribution is -0.153. The number of hydrogen-bond acceptors (Lipinski definition) is 6. The van der Waals surface area contributed by atoms with Gasteiger partial charge in [0.15, 0.2) is 5.79 Å². The number of rotatable bonds is 6. The minimum atomic E-state index is -0.423.